The standard InChI is InChI=1S/C10H20N2/c1-4-6-8-10(12-11)9(3)7-5-2/h9-10,12H,5,7-8,11H2,1-3H3. The fourth-order valence-electron chi connectivity index (χ4n) is 1.29. The maximum absolute atomic E-state index is 5.43. The van der Waals surface area contributed by atoms with Crippen LogP contribution in [0, 0.1) is 17.8 Å². The zero-order valence-corrected chi connectivity index (χ0v) is 8.35. The molecule has 0 saturated heterocycles. The van der Waals surface area contributed by atoms with Crippen LogP contribution < -0.4 is 11.3 Å². The Hall–Kier alpha value is -0.520. The van der Waals surface area contributed by atoms with Gasteiger partial charge in [-0.25, -0.2) is 0 Å². The topological polar surface area (TPSA) is 38.0 Å². The summed E-state index contributed by atoms with van der Waals surface area (Å²) in [5.74, 6) is 12.0. The molecule has 2 nitrogen and oxygen atoms in total. The minimum atomic E-state index is 0.345. The van der Waals surface area contributed by atoms with E-state index in [2.05, 4.69) is 31.1 Å². The fourth-order valence-corrected chi connectivity index (χ4v) is 1.29. The molecule has 2 unspecified atom stereocenters. The molecular weight excluding hydrogens is 148 g/mol. The van der Waals surface area contributed by atoms with Gasteiger partial charge >= 0.3 is 0 Å². The van der Waals surface area contributed by atoms with E-state index in [1.54, 1.807) is 0 Å². The molecule has 0 aliphatic rings. The van der Waals surface area contributed by atoms with Crippen LogP contribution in [0.5, 0.6) is 0 Å². The molecule has 2 atom stereocenters. The number of rotatable bonds is 5. The van der Waals surface area contributed by atoms with E-state index in [-0.39, 0.29) is 0 Å². The van der Waals surface area contributed by atoms with E-state index < -0.39 is 0 Å². The lowest BCUT2D eigenvalue weighted by atomic mass is 9.95. The number of hydrogen-bond acceptors (Lipinski definition) is 2. The van der Waals surface area contributed by atoms with Crippen LogP contribution in [-0.2, 0) is 0 Å². The molecule has 0 saturated carbocycles. The number of hydrazine groups is 1. The SMILES string of the molecule is CC#CCC(NN)C(C)CCC. The van der Waals surface area contributed by atoms with Gasteiger partial charge in [-0.05, 0) is 19.3 Å². The molecule has 12 heavy (non-hydrogen) atoms. The van der Waals surface area contributed by atoms with Crippen molar-refractivity contribution in [2.75, 3.05) is 0 Å². The van der Waals surface area contributed by atoms with Crippen molar-refractivity contribution < 1.29 is 0 Å². The summed E-state index contributed by atoms with van der Waals surface area (Å²) in [6.07, 6.45) is 3.27. The molecule has 0 aliphatic heterocycles. The van der Waals surface area contributed by atoms with Gasteiger partial charge in [0.05, 0.1) is 0 Å². The molecule has 0 radical (unpaired) electrons. The van der Waals surface area contributed by atoms with Crippen molar-refractivity contribution in [2.24, 2.45) is 11.8 Å². The Morgan fingerprint density at radius 1 is 1.50 bits per heavy atom. The van der Waals surface area contributed by atoms with Crippen molar-refractivity contribution in [3.8, 4) is 11.8 Å². The second kappa shape index (κ2) is 7.15. The van der Waals surface area contributed by atoms with Gasteiger partial charge in [0.15, 0.2) is 0 Å². The van der Waals surface area contributed by atoms with Gasteiger partial charge < -0.3 is 0 Å². The van der Waals surface area contributed by atoms with Crippen LogP contribution in [0.2, 0.25) is 0 Å². The zero-order chi connectivity index (χ0) is 9.40. The predicted octanol–water partition coefficient (Wildman–Crippen LogP) is 1.67. The second-order valence-electron chi connectivity index (χ2n) is 3.17. The highest BCUT2D eigenvalue weighted by Crippen LogP contribution is 2.12. The molecular formula is C10H20N2. The van der Waals surface area contributed by atoms with Crippen molar-refractivity contribution in [1.82, 2.24) is 5.43 Å². The molecule has 0 aromatic rings. The fraction of sp³-hybridized carbons (Fsp3) is 0.800. The summed E-state index contributed by atoms with van der Waals surface area (Å²) in [5.41, 5.74) is 2.82. The normalized spacial score (nSPS) is 14.7. The highest BCUT2D eigenvalue weighted by Gasteiger charge is 2.12. The van der Waals surface area contributed by atoms with Crippen LogP contribution in [0.1, 0.15) is 40.0 Å². The van der Waals surface area contributed by atoms with E-state index >= 15 is 0 Å². The molecule has 0 bridgehead atoms. The Kier molecular flexibility index (Phi) is 6.84. The van der Waals surface area contributed by atoms with E-state index in [9.17, 15) is 0 Å². The number of hydrogen-bond donors (Lipinski definition) is 2. The summed E-state index contributed by atoms with van der Waals surface area (Å²) in [7, 11) is 0. The summed E-state index contributed by atoms with van der Waals surface area (Å²) in [4.78, 5) is 0. The first kappa shape index (κ1) is 11.5. The first-order valence-electron chi connectivity index (χ1n) is 4.62. The predicted molar refractivity (Wildman–Crippen MR) is 53.3 cm³/mol. The summed E-state index contributed by atoms with van der Waals surface area (Å²) in [5, 5.41) is 0. The van der Waals surface area contributed by atoms with Gasteiger partial charge in [-0.1, -0.05) is 20.3 Å². The van der Waals surface area contributed by atoms with Crippen LogP contribution in [0.25, 0.3) is 0 Å². The lowest BCUT2D eigenvalue weighted by Gasteiger charge is -2.20. The Labute approximate surface area is 75.9 Å². The first-order chi connectivity index (χ1) is 5.76. The molecule has 3 N–H and O–H groups in total. The van der Waals surface area contributed by atoms with Gasteiger partial charge in [-0.2, -0.15) is 0 Å². The molecule has 0 heterocycles. The van der Waals surface area contributed by atoms with Crippen LogP contribution in [0.4, 0.5) is 0 Å². The maximum Gasteiger partial charge on any atom is 0.0345 e. The smallest absolute Gasteiger partial charge is 0.0345 e. The van der Waals surface area contributed by atoms with Crippen molar-refractivity contribution in [1.29, 1.82) is 0 Å². The van der Waals surface area contributed by atoms with Gasteiger partial charge in [0.25, 0.3) is 0 Å². The molecule has 0 rings (SSSR count). The third kappa shape index (κ3) is 4.38. The van der Waals surface area contributed by atoms with Crippen LogP contribution in [-0.4, -0.2) is 6.04 Å². The largest absolute Gasteiger partial charge is 0.271 e. The van der Waals surface area contributed by atoms with E-state index in [0.717, 1.165) is 6.42 Å². The quantitative estimate of drug-likeness (QED) is 0.372. The van der Waals surface area contributed by atoms with Gasteiger partial charge in [0.2, 0.25) is 0 Å². The number of nitrogens with two attached hydrogens (primary N) is 1. The minimum Gasteiger partial charge on any atom is -0.271 e. The molecule has 0 aromatic carbocycles. The summed E-state index contributed by atoms with van der Waals surface area (Å²) >= 11 is 0. The molecule has 0 amide bonds. The minimum absolute atomic E-state index is 0.345. The Morgan fingerprint density at radius 2 is 2.17 bits per heavy atom. The van der Waals surface area contributed by atoms with Gasteiger partial charge in [0.1, 0.15) is 0 Å². The van der Waals surface area contributed by atoms with E-state index in [1.807, 2.05) is 6.92 Å². The van der Waals surface area contributed by atoms with Crippen molar-refractivity contribution in [3.63, 3.8) is 0 Å². The van der Waals surface area contributed by atoms with Crippen molar-refractivity contribution in [2.45, 2.75) is 46.1 Å². The maximum atomic E-state index is 5.43. The third-order valence-corrected chi connectivity index (χ3v) is 2.14. The third-order valence-electron chi connectivity index (χ3n) is 2.14. The van der Waals surface area contributed by atoms with Gasteiger partial charge in [0, 0.05) is 12.5 Å². The lowest BCUT2D eigenvalue weighted by Crippen LogP contribution is -2.39. The molecule has 0 aromatic heterocycles. The Bertz CT molecular complexity index is 155. The van der Waals surface area contributed by atoms with E-state index in [0.29, 0.717) is 12.0 Å². The van der Waals surface area contributed by atoms with Gasteiger partial charge in [-0.3, -0.25) is 11.3 Å². The summed E-state index contributed by atoms with van der Waals surface area (Å²) in [6, 6.07) is 0.345. The highest BCUT2D eigenvalue weighted by molar-refractivity contribution is 4.98. The average Bonchev–Trinajstić information content (AvgIpc) is 2.06. The van der Waals surface area contributed by atoms with Crippen LogP contribution in [0.15, 0.2) is 0 Å². The van der Waals surface area contributed by atoms with E-state index in [4.69, 9.17) is 5.84 Å². The Morgan fingerprint density at radius 3 is 2.58 bits per heavy atom. The van der Waals surface area contributed by atoms with Gasteiger partial charge in [-0.15, -0.1) is 11.8 Å². The highest BCUT2D eigenvalue weighted by atomic mass is 15.2. The average molecular weight is 168 g/mol. The van der Waals surface area contributed by atoms with Crippen molar-refractivity contribution in [3.05, 3.63) is 0 Å². The monoisotopic (exact) mass is 168 g/mol. The van der Waals surface area contributed by atoms with Crippen LogP contribution in [0.3, 0.4) is 0 Å². The number of nitrogens with one attached hydrogen (secondary N) is 1. The van der Waals surface area contributed by atoms with E-state index in [1.165, 1.54) is 12.8 Å². The van der Waals surface area contributed by atoms with Crippen molar-refractivity contribution >= 4 is 0 Å². The second-order valence-corrected chi connectivity index (χ2v) is 3.17. The molecule has 0 fully saturated rings. The summed E-state index contributed by atoms with van der Waals surface area (Å²) in [6.45, 7) is 6.26. The Balaban J connectivity index is 3.83. The molecule has 0 spiro atoms. The molecule has 0 aliphatic carbocycles. The summed E-state index contributed by atoms with van der Waals surface area (Å²) < 4.78 is 0. The lowest BCUT2D eigenvalue weighted by molar-refractivity contribution is 0.364. The molecule has 2 heteroatoms. The molecule has 70 valence electrons. The van der Waals surface area contributed by atoms with Crippen LogP contribution >= 0.6 is 0 Å². The zero-order valence-electron chi connectivity index (χ0n) is 8.35. The first-order valence-corrected chi connectivity index (χ1v) is 4.62.